The van der Waals surface area contributed by atoms with E-state index in [0.29, 0.717) is 21.4 Å². The number of hydrogen-bond donors (Lipinski definition) is 0. The van der Waals surface area contributed by atoms with Gasteiger partial charge >= 0.3 is 0 Å². The second-order valence-electron chi connectivity index (χ2n) is 8.06. The minimum absolute atomic E-state index is 0.285. The summed E-state index contributed by atoms with van der Waals surface area (Å²) in [6.07, 6.45) is 3.13. The van der Waals surface area contributed by atoms with Gasteiger partial charge in [-0.25, -0.2) is 18.4 Å². The normalized spacial score (nSPS) is 11.7. The molecule has 0 radical (unpaired) electrons. The molecule has 9 heteroatoms. The van der Waals surface area contributed by atoms with E-state index in [-0.39, 0.29) is 4.90 Å². The fourth-order valence-corrected chi connectivity index (χ4v) is 5.74. The number of aromatic nitrogens is 3. The van der Waals surface area contributed by atoms with Crippen molar-refractivity contribution in [2.75, 3.05) is 6.26 Å². The average Bonchev–Trinajstić information content (AvgIpc) is 3.45. The number of benzene rings is 3. The predicted molar refractivity (Wildman–Crippen MR) is 143 cm³/mol. The van der Waals surface area contributed by atoms with Crippen LogP contribution in [0.1, 0.15) is 5.69 Å². The molecule has 5 rings (SSSR count). The number of hydrogen-bond acceptors (Lipinski definition) is 5. The second-order valence-corrected chi connectivity index (χ2v) is 11.7. The first kappa shape index (κ1) is 23.8. The first-order valence-corrected chi connectivity index (χ1v) is 14.1. The molecule has 2 aromatic heterocycles. The van der Waals surface area contributed by atoms with E-state index in [9.17, 15) is 8.42 Å². The minimum Gasteiger partial charge on any atom is -0.299 e. The predicted octanol–water partition coefficient (Wildman–Crippen LogP) is 7.35. The Morgan fingerprint density at radius 3 is 2.20 bits per heavy atom. The fraction of sp³-hybridized carbons (Fsp3) is 0.0769. The van der Waals surface area contributed by atoms with Crippen LogP contribution in [0.4, 0.5) is 0 Å². The molecule has 5 aromatic rings. The van der Waals surface area contributed by atoms with Gasteiger partial charge in [-0.3, -0.25) is 4.57 Å². The SMILES string of the molecule is Cc1csc(-c2cn(-c3ccc(-c4cccc(S(C)(=O)=O)c4)cc3)c(-c3c(Cl)cccc3Cl)n2)n1. The molecule has 0 amide bonds. The standard InChI is InChI=1S/C26H19Cl2N3O2S2/c1-16-15-34-26(29-16)23-14-31(25(30-23)24-21(27)7-4-8-22(24)28)19-11-9-17(10-12-19)18-5-3-6-20(13-18)35(2,32)33/h3-15H,1-2H3. The molecule has 176 valence electrons. The van der Waals surface area contributed by atoms with Crippen LogP contribution in [0.15, 0.2) is 83.2 Å². The molecular weight excluding hydrogens is 521 g/mol. The molecule has 0 aliphatic rings. The molecule has 0 saturated heterocycles. The first-order valence-electron chi connectivity index (χ1n) is 10.6. The van der Waals surface area contributed by atoms with Gasteiger partial charge in [0.05, 0.1) is 20.5 Å². The highest BCUT2D eigenvalue weighted by atomic mass is 35.5. The van der Waals surface area contributed by atoms with Crippen LogP contribution in [0, 0.1) is 6.92 Å². The Morgan fingerprint density at radius 1 is 0.886 bits per heavy atom. The molecule has 0 bridgehead atoms. The van der Waals surface area contributed by atoms with Gasteiger partial charge in [0.2, 0.25) is 0 Å². The Hall–Kier alpha value is -2.97. The summed E-state index contributed by atoms with van der Waals surface area (Å²) in [5.41, 5.74) is 4.86. The molecule has 0 atom stereocenters. The highest BCUT2D eigenvalue weighted by Gasteiger charge is 2.19. The molecule has 5 nitrogen and oxygen atoms in total. The van der Waals surface area contributed by atoms with Crippen LogP contribution in [-0.2, 0) is 9.84 Å². The third-order valence-electron chi connectivity index (χ3n) is 5.47. The highest BCUT2D eigenvalue weighted by molar-refractivity contribution is 7.90. The highest BCUT2D eigenvalue weighted by Crippen LogP contribution is 2.37. The molecule has 0 N–H and O–H groups in total. The van der Waals surface area contributed by atoms with E-state index in [4.69, 9.17) is 28.2 Å². The number of halogens is 2. The van der Waals surface area contributed by atoms with Crippen molar-refractivity contribution in [3.8, 4) is 38.9 Å². The van der Waals surface area contributed by atoms with Crippen LogP contribution in [-0.4, -0.2) is 29.2 Å². The van der Waals surface area contributed by atoms with Gasteiger partial charge in [0, 0.05) is 29.2 Å². The molecule has 0 unspecified atom stereocenters. The van der Waals surface area contributed by atoms with Crippen molar-refractivity contribution >= 4 is 44.4 Å². The number of nitrogens with zero attached hydrogens (tertiary/aromatic N) is 3. The lowest BCUT2D eigenvalue weighted by atomic mass is 10.1. The van der Waals surface area contributed by atoms with Crippen molar-refractivity contribution in [1.29, 1.82) is 0 Å². The summed E-state index contributed by atoms with van der Waals surface area (Å²) in [6, 6.07) is 20.1. The van der Waals surface area contributed by atoms with Crippen LogP contribution in [0.5, 0.6) is 0 Å². The van der Waals surface area contributed by atoms with Gasteiger partial charge in [-0.2, -0.15) is 0 Å². The largest absolute Gasteiger partial charge is 0.299 e. The van der Waals surface area contributed by atoms with Gasteiger partial charge < -0.3 is 0 Å². The Balaban J connectivity index is 1.62. The third-order valence-corrected chi connectivity index (χ3v) is 8.19. The summed E-state index contributed by atoms with van der Waals surface area (Å²) in [5.74, 6) is 0.607. The van der Waals surface area contributed by atoms with E-state index in [2.05, 4.69) is 4.98 Å². The monoisotopic (exact) mass is 539 g/mol. The maximum absolute atomic E-state index is 12.0. The zero-order chi connectivity index (χ0) is 24.7. The summed E-state index contributed by atoms with van der Waals surface area (Å²) < 4.78 is 25.9. The summed E-state index contributed by atoms with van der Waals surface area (Å²) in [7, 11) is -3.29. The zero-order valence-corrected chi connectivity index (χ0v) is 21.9. The minimum atomic E-state index is -3.29. The van der Waals surface area contributed by atoms with Gasteiger partial charge in [-0.15, -0.1) is 11.3 Å². The number of aryl methyl sites for hydroxylation is 1. The number of sulfone groups is 1. The molecular formula is C26H19Cl2N3O2S2. The molecule has 0 aliphatic heterocycles. The zero-order valence-electron chi connectivity index (χ0n) is 18.7. The van der Waals surface area contributed by atoms with Crippen molar-refractivity contribution in [2.45, 2.75) is 11.8 Å². The van der Waals surface area contributed by atoms with E-state index in [0.717, 1.165) is 33.2 Å². The lowest BCUT2D eigenvalue weighted by Gasteiger charge is -2.11. The van der Waals surface area contributed by atoms with Crippen molar-refractivity contribution in [2.24, 2.45) is 0 Å². The maximum Gasteiger partial charge on any atom is 0.175 e. The number of rotatable bonds is 5. The molecule has 0 fully saturated rings. The smallest absolute Gasteiger partial charge is 0.175 e. The number of imidazole rings is 1. The van der Waals surface area contributed by atoms with Gasteiger partial charge in [0.25, 0.3) is 0 Å². The average molecular weight is 540 g/mol. The molecule has 3 aromatic carbocycles. The summed E-state index contributed by atoms with van der Waals surface area (Å²) in [6.45, 7) is 1.94. The van der Waals surface area contributed by atoms with Gasteiger partial charge in [0.15, 0.2) is 9.84 Å². The summed E-state index contributed by atoms with van der Waals surface area (Å²) in [4.78, 5) is 9.72. The Labute approximate surface area is 217 Å². The Bertz CT molecular complexity index is 1640. The molecule has 0 saturated carbocycles. The van der Waals surface area contributed by atoms with E-state index >= 15 is 0 Å². The lowest BCUT2D eigenvalue weighted by Crippen LogP contribution is -1.98. The van der Waals surface area contributed by atoms with Crippen LogP contribution >= 0.6 is 34.5 Å². The van der Waals surface area contributed by atoms with Crippen molar-refractivity contribution < 1.29 is 8.42 Å². The molecule has 0 spiro atoms. The molecule has 2 heterocycles. The van der Waals surface area contributed by atoms with Crippen LogP contribution in [0.3, 0.4) is 0 Å². The summed E-state index contributed by atoms with van der Waals surface area (Å²) >= 11 is 14.6. The number of thiazole rings is 1. The molecule has 35 heavy (non-hydrogen) atoms. The van der Waals surface area contributed by atoms with Gasteiger partial charge in [-0.05, 0) is 54.4 Å². The van der Waals surface area contributed by atoms with Crippen LogP contribution in [0.25, 0.3) is 38.9 Å². The van der Waals surface area contributed by atoms with Crippen molar-refractivity contribution in [1.82, 2.24) is 14.5 Å². The van der Waals surface area contributed by atoms with Crippen LogP contribution < -0.4 is 0 Å². The fourth-order valence-electron chi connectivity index (χ4n) is 3.76. The van der Waals surface area contributed by atoms with E-state index < -0.39 is 9.84 Å². The molecule has 0 aliphatic carbocycles. The third kappa shape index (κ3) is 4.77. The van der Waals surface area contributed by atoms with E-state index in [1.54, 1.807) is 36.4 Å². The van der Waals surface area contributed by atoms with Gasteiger partial charge in [-0.1, -0.05) is 53.5 Å². The maximum atomic E-state index is 12.0. The van der Waals surface area contributed by atoms with E-state index in [1.807, 2.05) is 53.4 Å². The Kier molecular flexibility index (Phi) is 6.27. The first-order chi connectivity index (χ1) is 16.7. The Morgan fingerprint density at radius 2 is 1.57 bits per heavy atom. The van der Waals surface area contributed by atoms with Crippen molar-refractivity contribution in [3.63, 3.8) is 0 Å². The van der Waals surface area contributed by atoms with E-state index in [1.165, 1.54) is 17.6 Å². The second kappa shape index (κ2) is 9.24. The lowest BCUT2D eigenvalue weighted by molar-refractivity contribution is 0.602. The topological polar surface area (TPSA) is 64.8 Å². The quantitative estimate of drug-likeness (QED) is 0.234. The van der Waals surface area contributed by atoms with Gasteiger partial charge in [0.1, 0.15) is 16.5 Å². The van der Waals surface area contributed by atoms with Crippen molar-refractivity contribution in [3.05, 3.63) is 94.0 Å². The summed E-state index contributed by atoms with van der Waals surface area (Å²) in [5, 5.41) is 3.79. The van der Waals surface area contributed by atoms with Crippen LogP contribution in [0.2, 0.25) is 10.0 Å².